The Kier molecular flexibility index (Phi) is 9.14. The van der Waals surface area contributed by atoms with Gasteiger partial charge in [-0.15, -0.1) is 10.2 Å². The molecule has 8 nitrogen and oxygen atoms in total. The van der Waals surface area contributed by atoms with E-state index in [1.54, 1.807) is 24.3 Å². The smallest absolute Gasteiger partial charge is 0.269 e. The number of unbranched alkanes of at least 4 members (excludes halogenated alkanes) is 1. The predicted molar refractivity (Wildman–Crippen MR) is 114 cm³/mol. The number of rotatable bonds is 10. The van der Waals surface area contributed by atoms with Crippen molar-refractivity contribution in [2.24, 2.45) is 0 Å². The number of carbonyl (C=O) groups excluding carboxylic acids is 2. The molecule has 1 aromatic heterocycles. The molecule has 1 heterocycles. The lowest BCUT2D eigenvalue weighted by Crippen LogP contribution is -2.42. The van der Waals surface area contributed by atoms with Crippen molar-refractivity contribution in [1.29, 1.82) is 0 Å². The fourth-order valence-electron chi connectivity index (χ4n) is 2.91. The minimum Gasteiger partial charge on any atom is -0.305 e. The van der Waals surface area contributed by atoms with Crippen molar-refractivity contribution in [3.63, 3.8) is 0 Å². The predicted octanol–water partition coefficient (Wildman–Crippen LogP) is 2.64. The molecule has 0 unspecified atom stereocenters. The van der Waals surface area contributed by atoms with E-state index >= 15 is 0 Å². The lowest BCUT2D eigenvalue weighted by atomic mass is 10.2. The van der Waals surface area contributed by atoms with Crippen LogP contribution in [0.4, 0.5) is 0 Å². The molecule has 0 aliphatic rings. The Balaban J connectivity index is 1.97. The topological polar surface area (TPSA) is 92.2 Å². The zero-order valence-corrected chi connectivity index (χ0v) is 18.3. The molecule has 158 valence electrons. The van der Waals surface area contributed by atoms with E-state index in [4.69, 9.17) is 0 Å². The first-order chi connectivity index (χ1) is 14.0. The van der Waals surface area contributed by atoms with Gasteiger partial charge in [-0.25, -0.2) is 0 Å². The average molecular weight is 419 g/mol. The molecular weight excluding hydrogens is 388 g/mol. The third-order valence-corrected chi connectivity index (χ3v) is 5.44. The van der Waals surface area contributed by atoms with Crippen molar-refractivity contribution in [1.82, 2.24) is 30.5 Å². The van der Waals surface area contributed by atoms with Gasteiger partial charge in [0.1, 0.15) is 0 Å². The molecule has 2 N–H and O–H groups in total. The van der Waals surface area contributed by atoms with E-state index in [0.717, 1.165) is 36.8 Å². The highest BCUT2D eigenvalue weighted by Gasteiger charge is 2.22. The quantitative estimate of drug-likeness (QED) is 0.455. The van der Waals surface area contributed by atoms with E-state index in [0.29, 0.717) is 5.56 Å². The van der Waals surface area contributed by atoms with Crippen molar-refractivity contribution >= 4 is 23.6 Å². The molecule has 1 aromatic carbocycles. The normalized spacial score (nSPS) is 12.0. The summed E-state index contributed by atoms with van der Waals surface area (Å²) in [7, 11) is 4.06. The minimum absolute atomic E-state index is 0.137. The minimum atomic E-state index is -0.353. The Hall–Kier alpha value is -2.39. The molecular formula is C20H30N6O2S. The summed E-state index contributed by atoms with van der Waals surface area (Å²) in [5.41, 5.74) is 5.36. The van der Waals surface area contributed by atoms with Gasteiger partial charge in [-0.3, -0.25) is 25.3 Å². The summed E-state index contributed by atoms with van der Waals surface area (Å²) in [5.74, 6) is 0.406. The van der Waals surface area contributed by atoms with Crippen molar-refractivity contribution in [3.8, 4) is 0 Å². The van der Waals surface area contributed by atoms with Crippen LogP contribution >= 0.6 is 11.8 Å². The van der Waals surface area contributed by atoms with Crippen molar-refractivity contribution in [2.75, 3.05) is 19.8 Å². The van der Waals surface area contributed by atoms with Gasteiger partial charge in [-0.05, 0) is 39.1 Å². The van der Waals surface area contributed by atoms with Crippen LogP contribution in [0.2, 0.25) is 0 Å². The van der Waals surface area contributed by atoms with Crippen LogP contribution in [-0.4, -0.2) is 51.3 Å². The fourth-order valence-corrected chi connectivity index (χ4v) is 3.68. The second-order valence-corrected chi connectivity index (χ2v) is 7.83. The third kappa shape index (κ3) is 6.57. The molecule has 0 fully saturated rings. The largest absolute Gasteiger partial charge is 0.305 e. The number of benzene rings is 1. The number of nitrogens with one attached hydrogen (secondary N) is 2. The molecule has 2 aromatic rings. The molecule has 0 bridgehead atoms. The van der Waals surface area contributed by atoms with Crippen LogP contribution in [-0.2, 0) is 11.3 Å². The monoisotopic (exact) mass is 418 g/mol. The molecule has 0 saturated heterocycles. The Morgan fingerprint density at radius 2 is 1.86 bits per heavy atom. The number of aromatic nitrogens is 3. The summed E-state index contributed by atoms with van der Waals surface area (Å²) in [6.45, 7) is 5.08. The van der Waals surface area contributed by atoms with E-state index in [9.17, 15) is 9.59 Å². The Morgan fingerprint density at radius 1 is 1.14 bits per heavy atom. The van der Waals surface area contributed by atoms with Gasteiger partial charge >= 0.3 is 0 Å². The van der Waals surface area contributed by atoms with Gasteiger partial charge < -0.3 is 4.57 Å². The molecule has 2 amide bonds. The highest BCUT2D eigenvalue weighted by atomic mass is 32.2. The van der Waals surface area contributed by atoms with E-state index in [2.05, 4.69) is 44.4 Å². The first-order valence-electron chi connectivity index (χ1n) is 9.84. The molecule has 0 aliphatic heterocycles. The molecule has 29 heavy (non-hydrogen) atoms. The van der Waals surface area contributed by atoms with Crippen LogP contribution in [0.15, 0.2) is 35.5 Å². The Labute approximate surface area is 176 Å². The zero-order valence-electron chi connectivity index (χ0n) is 17.5. The van der Waals surface area contributed by atoms with E-state index in [1.165, 1.54) is 11.8 Å². The fraction of sp³-hybridized carbons (Fsp3) is 0.500. The molecule has 9 heteroatoms. The van der Waals surface area contributed by atoms with Crippen LogP contribution < -0.4 is 10.9 Å². The standard InChI is InChI=1S/C20H30N6O2S/c1-5-7-13-26-18(16(6-2)25(3)4)22-24-20(26)29-14-17(27)21-23-19(28)15-11-9-8-10-12-15/h8-12,16H,5-7,13-14H2,1-4H3,(H,21,27)(H,23,28)/t16-/m1/s1. The van der Waals surface area contributed by atoms with Gasteiger partial charge in [0.25, 0.3) is 5.91 Å². The number of amides is 2. The summed E-state index contributed by atoms with van der Waals surface area (Å²) in [5, 5.41) is 9.44. The second-order valence-electron chi connectivity index (χ2n) is 6.89. The van der Waals surface area contributed by atoms with Crippen LogP contribution in [0, 0.1) is 0 Å². The third-order valence-electron chi connectivity index (χ3n) is 4.47. The van der Waals surface area contributed by atoms with E-state index < -0.39 is 0 Å². The molecule has 0 spiro atoms. The first-order valence-corrected chi connectivity index (χ1v) is 10.8. The maximum atomic E-state index is 12.2. The number of thioether (sulfide) groups is 1. The maximum absolute atomic E-state index is 12.2. The number of nitrogens with zero attached hydrogens (tertiary/aromatic N) is 4. The number of carbonyl (C=O) groups is 2. The van der Waals surface area contributed by atoms with Crippen LogP contribution in [0.3, 0.4) is 0 Å². The maximum Gasteiger partial charge on any atom is 0.269 e. The van der Waals surface area contributed by atoms with Crippen molar-refractivity contribution in [3.05, 3.63) is 41.7 Å². The lowest BCUT2D eigenvalue weighted by molar-refractivity contribution is -0.119. The van der Waals surface area contributed by atoms with Crippen LogP contribution in [0.25, 0.3) is 0 Å². The summed E-state index contributed by atoms with van der Waals surface area (Å²) in [6, 6.07) is 8.91. The van der Waals surface area contributed by atoms with Gasteiger partial charge in [-0.2, -0.15) is 0 Å². The summed E-state index contributed by atoms with van der Waals surface area (Å²) in [6.07, 6.45) is 3.00. The highest BCUT2D eigenvalue weighted by Crippen LogP contribution is 2.25. The first kappa shape index (κ1) is 22.9. The molecule has 0 aliphatic carbocycles. The van der Waals surface area contributed by atoms with E-state index in [1.807, 2.05) is 20.2 Å². The van der Waals surface area contributed by atoms with Crippen LogP contribution in [0.5, 0.6) is 0 Å². The van der Waals surface area contributed by atoms with Crippen LogP contribution in [0.1, 0.15) is 55.3 Å². The summed E-state index contributed by atoms with van der Waals surface area (Å²) >= 11 is 1.32. The summed E-state index contributed by atoms with van der Waals surface area (Å²) < 4.78 is 2.11. The zero-order chi connectivity index (χ0) is 21.2. The van der Waals surface area contributed by atoms with E-state index in [-0.39, 0.29) is 23.6 Å². The number of hydrazine groups is 1. The van der Waals surface area contributed by atoms with Crippen molar-refractivity contribution < 1.29 is 9.59 Å². The van der Waals surface area contributed by atoms with Gasteiger partial charge in [0, 0.05) is 12.1 Å². The Morgan fingerprint density at radius 3 is 2.48 bits per heavy atom. The molecule has 0 radical (unpaired) electrons. The number of hydrogen-bond acceptors (Lipinski definition) is 6. The summed E-state index contributed by atoms with van der Waals surface area (Å²) in [4.78, 5) is 26.3. The lowest BCUT2D eigenvalue weighted by Gasteiger charge is -2.23. The molecule has 2 rings (SSSR count). The molecule has 0 saturated carbocycles. The average Bonchev–Trinajstić information content (AvgIpc) is 3.12. The molecule has 1 atom stereocenters. The van der Waals surface area contributed by atoms with Gasteiger partial charge in [0.15, 0.2) is 11.0 Å². The van der Waals surface area contributed by atoms with Gasteiger partial charge in [0.2, 0.25) is 5.91 Å². The van der Waals surface area contributed by atoms with Gasteiger partial charge in [0.05, 0.1) is 11.8 Å². The second kappa shape index (κ2) is 11.6. The highest BCUT2D eigenvalue weighted by molar-refractivity contribution is 7.99. The number of hydrogen-bond donors (Lipinski definition) is 2. The Bertz CT molecular complexity index is 794. The SMILES string of the molecule is CCCCn1c(SCC(=O)NNC(=O)c2ccccc2)nnc1[C@@H](CC)N(C)C. The van der Waals surface area contributed by atoms with Gasteiger partial charge in [-0.1, -0.05) is 50.2 Å². The van der Waals surface area contributed by atoms with Crippen molar-refractivity contribution in [2.45, 2.75) is 50.9 Å².